The van der Waals surface area contributed by atoms with Gasteiger partial charge in [0.1, 0.15) is 5.76 Å². The average molecular weight is 635 g/mol. The third kappa shape index (κ3) is 11.0. The van der Waals surface area contributed by atoms with Gasteiger partial charge in [0.2, 0.25) is 0 Å². The maximum atomic E-state index is 12.4. The highest BCUT2D eigenvalue weighted by molar-refractivity contribution is 6.02. The molecule has 0 aliphatic heterocycles. The molecule has 0 saturated carbocycles. The first-order valence-electron chi connectivity index (χ1n) is 14.4. The molecule has 4 aromatic rings. The number of para-hydroxylation sites is 2. The van der Waals surface area contributed by atoms with Crippen LogP contribution in [0.1, 0.15) is 11.1 Å². The van der Waals surface area contributed by atoms with Crippen molar-refractivity contribution in [3.63, 3.8) is 0 Å². The fourth-order valence-corrected chi connectivity index (χ4v) is 4.14. The van der Waals surface area contributed by atoms with E-state index in [1.807, 2.05) is 36.4 Å². The number of benzene rings is 4. The molecule has 0 atom stereocenters. The van der Waals surface area contributed by atoms with Crippen molar-refractivity contribution in [2.75, 3.05) is 38.1 Å². The van der Waals surface area contributed by atoms with Crippen LogP contribution in [0.3, 0.4) is 0 Å². The molecule has 0 aliphatic rings. The van der Waals surface area contributed by atoms with Crippen molar-refractivity contribution >= 4 is 41.1 Å². The van der Waals surface area contributed by atoms with Crippen LogP contribution in [-0.4, -0.2) is 50.1 Å². The summed E-state index contributed by atoms with van der Waals surface area (Å²) < 4.78 is 22.0. The molecule has 240 valence electrons. The Hall–Kier alpha value is -6.29. The maximum Gasteiger partial charge on any atom is 0.262 e. The monoisotopic (exact) mass is 634 g/mol. The summed E-state index contributed by atoms with van der Waals surface area (Å²) in [6, 6.07) is 28.1. The highest BCUT2D eigenvalue weighted by Gasteiger charge is 2.10. The van der Waals surface area contributed by atoms with E-state index >= 15 is 0 Å². The minimum absolute atomic E-state index is 0.210. The number of aliphatic hydroxyl groups is 1. The molecule has 4 aromatic carbocycles. The number of carbonyl (C=O) groups excluding carboxylic acids is 3. The predicted molar refractivity (Wildman–Crippen MR) is 181 cm³/mol. The van der Waals surface area contributed by atoms with E-state index in [0.717, 1.165) is 6.08 Å². The van der Waals surface area contributed by atoms with Crippen LogP contribution in [0.15, 0.2) is 121 Å². The molecule has 0 bridgehead atoms. The third-order valence-electron chi connectivity index (χ3n) is 6.38. The summed E-state index contributed by atoms with van der Waals surface area (Å²) in [6.07, 6.45) is 6.91. The highest BCUT2D eigenvalue weighted by atomic mass is 16.5. The molecule has 10 heteroatoms. The van der Waals surface area contributed by atoms with E-state index in [9.17, 15) is 19.5 Å². The Morgan fingerprint density at radius 2 is 1.06 bits per heavy atom. The van der Waals surface area contributed by atoms with Gasteiger partial charge in [-0.05, 0) is 71.8 Å². The standard InChI is InChI=1S/C37H34N2O8/c1-44-34-21-26(15-19-32(34)46-24-36(42)38-28-9-5-3-6-10-28)13-17-30(40)23-31(41)18-14-27-16-20-33(35(22-27)45-2)47-25-37(43)39-29-11-7-4-8-12-29/h3-23,40H,24-25H2,1-2H3,(H,38,42)(H,39,43)/b17-13+,18-14+,30-23-. The molecule has 47 heavy (non-hydrogen) atoms. The first-order chi connectivity index (χ1) is 22.8. The van der Waals surface area contributed by atoms with Gasteiger partial charge in [-0.15, -0.1) is 0 Å². The summed E-state index contributed by atoms with van der Waals surface area (Å²) in [6.45, 7) is -0.423. The molecule has 0 fully saturated rings. The van der Waals surface area contributed by atoms with Gasteiger partial charge in [-0.2, -0.15) is 0 Å². The Balaban J connectivity index is 1.29. The molecule has 0 radical (unpaired) electrons. The van der Waals surface area contributed by atoms with Gasteiger partial charge in [0.05, 0.1) is 14.2 Å². The lowest BCUT2D eigenvalue weighted by atomic mass is 10.1. The van der Waals surface area contributed by atoms with E-state index in [4.69, 9.17) is 18.9 Å². The minimum atomic E-state index is -0.445. The lowest BCUT2D eigenvalue weighted by molar-refractivity contribution is -0.118. The van der Waals surface area contributed by atoms with Gasteiger partial charge < -0.3 is 34.7 Å². The number of hydrogen-bond donors (Lipinski definition) is 3. The number of rotatable bonds is 15. The number of hydrogen-bond acceptors (Lipinski definition) is 8. The van der Waals surface area contributed by atoms with Gasteiger partial charge in [-0.25, -0.2) is 0 Å². The highest BCUT2D eigenvalue weighted by Crippen LogP contribution is 2.30. The number of carbonyl (C=O) groups is 3. The molecule has 0 aromatic heterocycles. The normalized spacial score (nSPS) is 11.2. The zero-order valence-corrected chi connectivity index (χ0v) is 25.8. The average Bonchev–Trinajstić information content (AvgIpc) is 3.09. The number of methoxy groups -OCH3 is 2. The molecule has 10 nitrogen and oxygen atoms in total. The molecule has 0 unspecified atom stereocenters. The van der Waals surface area contributed by atoms with E-state index in [1.165, 1.54) is 26.4 Å². The van der Waals surface area contributed by atoms with E-state index in [2.05, 4.69) is 10.6 Å². The van der Waals surface area contributed by atoms with Gasteiger partial charge in [-0.1, -0.05) is 60.7 Å². The fourth-order valence-electron chi connectivity index (χ4n) is 4.14. The Morgan fingerprint density at radius 3 is 1.51 bits per heavy atom. The molecule has 0 aliphatic carbocycles. The molecule has 0 spiro atoms. The summed E-state index contributed by atoms with van der Waals surface area (Å²) in [5.41, 5.74) is 2.64. The molecule has 2 amide bonds. The van der Waals surface area contributed by atoms with E-state index in [-0.39, 0.29) is 30.8 Å². The minimum Gasteiger partial charge on any atom is -0.508 e. The lowest BCUT2D eigenvalue weighted by Crippen LogP contribution is -2.20. The van der Waals surface area contributed by atoms with Gasteiger partial charge in [0.15, 0.2) is 42.0 Å². The second kappa shape index (κ2) is 17.3. The zero-order valence-electron chi connectivity index (χ0n) is 25.8. The molecule has 3 N–H and O–H groups in total. The lowest BCUT2D eigenvalue weighted by Gasteiger charge is -2.11. The number of aliphatic hydroxyl groups excluding tert-OH is 1. The van der Waals surface area contributed by atoms with E-state index < -0.39 is 5.78 Å². The first-order valence-corrected chi connectivity index (χ1v) is 14.4. The van der Waals surface area contributed by atoms with Crippen LogP contribution in [-0.2, 0) is 14.4 Å². The first kappa shape index (κ1) is 33.6. The Kier molecular flexibility index (Phi) is 12.3. The van der Waals surface area contributed by atoms with Crippen molar-refractivity contribution in [3.05, 3.63) is 132 Å². The van der Waals surface area contributed by atoms with Crippen molar-refractivity contribution in [2.24, 2.45) is 0 Å². The summed E-state index contributed by atoms with van der Waals surface area (Å²) in [4.78, 5) is 36.9. The molecule has 0 saturated heterocycles. The van der Waals surface area contributed by atoms with Crippen LogP contribution >= 0.6 is 0 Å². The Bertz CT molecular complexity index is 1770. The van der Waals surface area contributed by atoms with Crippen molar-refractivity contribution in [1.29, 1.82) is 0 Å². The van der Waals surface area contributed by atoms with Crippen LogP contribution < -0.4 is 29.6 Å². The number of ketones is 1. The van der Waals surface area contributed by atoms with Crippen molar-refractivity contribution in [3.8, 4) is 23.0 Å². The van der Waals surface area contributed by atoms with Gasteiger partial charge in [0.25, 0.3) is 11.8 Å². The summed E-state index contributed by atoms with van der Waals surface area (Å²) in [5, 5.41) is 15.8. The fraction of sp³-hybridized carbons (Fsp3) is 0.108. The van der Waals surface area contributed by atoms with E-state index in [0.29, 0.717) is 45.5 Å². The molecule has 0 heterocycles. The van der Waals surface area contributed by atoms with Crippen LogP contribution in [0.4, 0.5) is 11.4 Å². The third-order valence-corrected chi connectivity index (χ3v) is 6.38. The smallest absolute Gasteiger partial charge is 0.262 e. The quantitative estimate of drug-likeness (QED) is 0.0770. The SMILES string of the molecule is COc1cc(/C=C/C(=O)/C=C(O)/C=C/c2ccc(OCC(=O)Nc3ccccc3)c(OC)c2)ccc1OCC(=O)Nc1ccccc1. The topological polar surface area (TPSA) is 132 Å². The Labute approximate surface area is 272 Å². The summed E-state index contributed by atoms with van der Waals surface area (Å²) in [7, 11) is 2.95. The van der Waals surface area contributed by atoms with Gasteiger partial charge >= 0.3 is 0 Å². The summed E-state index contributed by atoms with van der Waals surface area (Å²) in [5.74, 6) is 0.177. The maximum absolute atomic E-state index is 12.4. The van der Waals surface area contributed by atoms with Crippen molar-refractivity contribution in [2.45, 2.75) is 0 Å². The van der Waals surface area contributed by atoms with Crippen LogP contribution in [0.5, 0.6) is 23.0 Å². The molecule has 4 rings (SSSR count). The number of ether oxygens (including phenoxy) is 4. The summed E-state index contributed by atoms with van der Waals surface area (Å²) >= 11 is 0. The van der Waals surface area contributed by atoms with E-state index in [1.54, 1.807) is 72.8 Å². The molecular weight excluding hydrogens is 600 g/mol. The van der Waals surface area contributed by atoms with Crippen LogP contribution in [0.25, 0.3) is 12.2 Å². The predicted octanol–water partition coefficient (Wildman–Crippen LogP) is 6.48. The second-order valence-corrected chi connectivity index (χ2v) is 9.86. The zero-order chi connectivity index (χ0) is 33.4. The van der Waals surface area contributed by atoms with Gasteiger partial charge in [0, 0.05) is 17.5 Å². The van der Waals surface area contributed by atoms with Crippen LogP contribution in [0, 0.1) is 0 Å². The van der Waals surface area contributed by atoms with Crippen molar-refractivity contribution in [1.82, 2.24) is 0 Å². The van der Waals surface area contributed by atoms with Crippen molar-refractivity contribution < 1.29 is 38.4 Å². The number of anilines is 2. The Morgan fingerprint density at radius 1 is 0.617 bits per heavy atom. The second-order valence-electron chi connectivity index (χ2n) is 9.86. The number of amides is 2. The number of nitrogens with one attached hydrogen (secondary N) is 2. The van der Waals surface area contributed by atoms with Gasteiger partial charge in [-0.3, -0.25) is 14.4 Å². The molecular formula is C37H34N2O8. The largest absolute Gasteiger partial charge is 0.508 e. The van der Waals surface area contributed by atoms with Crippen LogP contribution in [0.2, 0.25) is 0 Å². The number of allylic oxidation sites excluding steroid dienone is 3.